The molecular weight excluding hydrogens is 450 g/mol. The number of imidazole rings is 1. The van der Waals surface area contributed by atoms with E-state index in [2.05, 4.69) is 40.1 Å². The van der Waals surface area contributed by atoms with Crippen LogP contribution in [0.1, 0.15) is 58.7 Å². The van der Waals surface area contributed by atoms with E-state index in [-0.39, 0.29) is 29.3 Å². The number of benzene rings is 1. The maximum absolute atomic E-state index is 12.9. The minimum absolute atomic E-state index is 0.0271. The van der Waals surface area contributed by atoms with E-state index in [1.807, 2.05) is 25.1 Å². The van der Waals surface area contributed by atoms with Gasteiger partial charge in [-0.2, -0.15) is 0 Å². The summed E-state index contributed by atoms with van der Waals surface area (Å²) in [7, 11) is 0. The first-order valence-corrected chi connectivity index (χ1v) is 12.4. The van der Waals surface area contributed by atoms with Crippen LogP contribution in [0.2, 0.25) is 5.02 Å². The number of hydrogen-bond acceptors (Lipinski definition) is 4. The van der Waals surface area contributed by atoms with Crippen molar-refractivity contribution in [3.8, 4) is 11.1 Å². The number of carbonyl (C=O) groups is 2. The Labute approximate surface area is 204 Å². The minimum atomic E-state index is -0.143. The van der Waals surface area contributed by atoms with Crippen LogP contribution < -0.4 is 10.6 Å². The van der Waals surface area contributed by atoms with Crippen LogP contribution in [-0.4, -0.2) is 32.4 Å². The quantitative estimate of drug-likeness (QED) is 0.535. The largest absolute Gasteiger partial charge is 0.353 e. The van der Waals surface area contributed by atoms with Gasteiger partial charge in [-0.25, -0.2) is 9.97 Å². The fraction of sp³-hybridized carbons (Fsp3) is 0.462. The second kappa shape index (κ2) is 8.69. The first-order chi connectivity index (χ1) is 16.2. The Bertz CT molecular complexity index is 1280. The Morgan fingerprint density at radius 1 is 1.24 bits per heavy atom. The summed E-state index contributed by atoms with van der Waals surface area (Å²) in [5, 5.41) is 6.48. The van der Waals surface area contributed by atoms with Crippen molar-refractivity contribution in [3.05, 3.63) is 41.3 Å². The third-order valence-corrected chi connectivity index (χ3v) is 7.50. The molecule has 0 saturated heterocycles. The highest BCUT2D eigenvalue weighted by Crippen LogP contribution is 2.38. The molecule has 3 aromatic rings. The lowest BCUT2D eigenvalue weighted by atomic mass is 10.0. The van der Waals surface area contributed by atoms with Crippen LogP contribution >= 0.6 is 11.6 Å². The SMILES string of the molecule is CCC(=O)N[C@@H]1CC[C@H](C(=O)Nc2cc(-c3ccc4nc5n(c4c3)C(C)(C)CC5)c(Cl)cn2)C1. The number of pyridine rings is 1. The maximum atomic E-state index is 12.9. The van der Waals surface area contributed by atoms with E-state index >= 15 is 0 Å². The van der Waals surface area contributed by atoms with E-state index in [1.165, 1.54) is 0 Å². The fourth-order valence-corrected chi connectivity index (χ4v) is 5.51. The molecule has 0 bridgehead atoms. The zero-order chi connectivity index (χ0) is 24.0. The summed E-state index contributed by atoms with van der Waals surface area (Å²) in [4.78, 5) is 33.7. The second-order valence-electron chi connectivity index (χ2n) is 10.0. The summed E-state index contributed by atoms with van der Waals surface area (Å²) in [6, 6.07) is 8.07. The number of hydrogen-bond donors (Lipinski definition) is 2. The van der Waals surface area contributed by atoms with E-state index in [0.717, 1.165) is 53.7 Å². The number of nitrogens with zero attached hydrogens (tertiary/aromatic N) is 3. The Morgan fingerprint density at radius 3 is 2.85 bits per heavy atom. The molecule has 5 rings (SSSR count). The third-order valence-electron chi connectivity index (χ3n) is 7.20. The molecular formula is C26H30ClN5O2. The highest BCUT2D eigenvalue weighted by Gasteiger charge is 2.33. The van der Waals surface area contributed by atoms with Crippen molar-refractivity contribution in [1.82, 2.24) is 19.9 Å². The number of amides is 2. The molecule has 1 aliphatic carbocycles. The zero-order valence-corrected chi connectivity index (χ0v) is 20.6. The maximum Gasteiger partial charge on any atom is 0.228 e. The Kier molecular flexibility index (Phi) is 5.84. The first-order valence-electron chi connectivity index (χ1n) is 12.0. The predicted molar refractivity (Wildman–Crippen MR) is 134 cm³/mol. The summed E-state index contributed by atoms with van der Waals surface area (Å²) >= 11 is 6.54. The molecule has 2 atom stereocenters. The van der Waals surface area contributed by atoms with E-state index < -0.39 is 0 Å². The molecule has 1 saturated carbocycles. The first kappa shape index (κ1) is 22.8. The highest BCUT2D eigenvalue weighted by molar-refractivity contribution is 6.33. The molecule has 34 heavy (non-hydrogen) atoms. The molecule has 7 nitrogen and oxygen atoms in total. The van der Waals surface area contributed by atoms with E-state index in [4.69, 9.17) is 16.6 Å². The molecule has 0 radical (unpaired) electrons. The molecule has 1 aromatic carbocycles. The molecule has 1 fully saturated rings. The molecule has 0 spiro atoms. The smallest absolute Gasteiger partial charge is 0.228 e. The lowest BCUT2D eigenvalue weighted by molar-refractivity contribution is -0.122. The number of halogens is 1. The topological polar surface area (TPSA) is 88.9 Å². The van der Waals surface area contributed by atoms with Crippen LogP contribution in [0, 0.1) is 5.92 Å². The Balaban J connectivity index is 1.37. The van der Waals surface area contributed by atoms with Gasteiger partial charge in [-0.3, -0.25) is 9.59 Å². The van der Waals surface area contributed by atoms with Gasteiger partial charge in [0.15, 0.2) is 0 Å². The van der Waals surface area contributed by atoms with Crippen molar-refractivity contribution in [1.29, 1.82) is 0 Å². The second-order valence-corrected chi connectivity index (χ2v) is 10.5. The van der Waals surface area contributed by atoms with E-state index in [1.54, 1.807) is 6.20 Å². The van der Waals surface area contributed by atoms with Gasteiger partial charge in [-0.1, -0.05) is 24.6 Å². The Morgan fingerprint density at radius 2 is 2.06 bits per heavy atom. The summed E-state index contributed by atoms with van der Waals surface area (Å²) in [5.41, 5.74) is 3.89. The van der Waals surface area contributed by atoms with Crippen LogP contribution in [0.3, 0.4) is 0 Å². The predicted octanol–water partition coefficient (Wildman–Crippen LogP) is 5.07. The van der Waals surface area contributed by atoms with Crippen LogP contribution in [0.4, 0.5) is 5.82 Å². The number of anilines is 1. The van der Waals surface area contributed by atoms with Gasteiger partial charge in [0.05, 0.1) is 16.1 Å². The monoisotopic (exact) mass is 479 g/mol. The van der Waals surface area contributed by atoms with Gasteiger partial charge in [0, 0.05) is 42.1 Å². The van der Waals surface area contributed by atoms with Crippen LogP contribution in [0.5, 0.6) is 0 Å². The van der Waals surface area contributed by atoms with Crippen molar-refractivity contribution in [3.63, 3.8) is 0 Å². The summed E-state index contributed by atoms with van der Waals surface area (Å²) in [6.45, 7) is 6.31. The molecule has 2 N–H and O–H groups in total. The number of nitrogens with one attached hydrogen (secondary N) is 2. The summed E-state index contributed by atoms with van der Waals surface area (Å²) in [6.07, 6.45) is 6.31. The van der Waals surface area contributed by atoms with Crippen LogP contribution in [0.25, 0.3) is 22.2 Å². The summed E-state index contributed by atoms with van der Waals surface area (Å²) < 4.78 is 2.33. The van der Waals surface area contributed by atoms with Crippen molar-refractivity contribution in [2.75, 3.05) is 5.32 Å². The molecule has 8 heteroatoms. The van der Waals surface area contributed by atoms with Crippen LogP contribution in [-0.2, 0) is 21.5 Å². The average Bonchev–Trinajstić information content (AvgIpc) is 3.50. The highest BCUT2D eigenvalue weighted by atomic mass is 35.5. The molecule has 3 heterocycles. The Hall–Kier alpha value is -2.93. The number of fused-ring (bicyclic) bond motifs is 3. The third kappa shape index (κ3) is 4.17. The lowest BCUT2D eigenvalue weighted by Gasteiger charge is -2.22. The van der Waals surface area contributed by atoms with Gasteiger partial charge in [-0.05, 0) is 63.3 Å². The van der Waals surface area contributed by atoms with Gasteiger partial charge in [-0.15, -0.1) is 0 Å². The number of rotatable bonds is 5. The zero-order valence-electron chi connectivity index (χ0n) is 19.8. The normalized spacial score (nSPS) is 20.9. The molecule has 178 valence electrons. The number of carbonyl (C=O) groups excluding carboxylic acids is 2. The minimum Gasteiger partial charge on any atom is -0.353 e. The van der Waals surface area contributed by atoms with Crippen LogP contribution in [0.15, 0.2) is 30.5 Å². The average molecular weight is 480 g/mol. The molecule has 2 aliphatic rings. The molecule has 1 aliphatic heterocycles. The molecule has 2 amide bonds. The van der Waals surface area contributed by atoms with Gasteiger partial charge >= 0.3 is 0 Å². The summed E-state index contributed by atoms with van der Waals surface area (Å²) in [5.74, 6) is 1.41. The van der Waals surface area contributed by atoms with Crippen molar-refractivity contribution >= 4 is 40.3 Å². The van der Waals surface area contributed by atoms with Gasteiger partial charge in [0.2, 0.25) is 11.8 Å². The van der Waals surface area contributed by atoms with E-state index in [0.29, 0.717) is 23.7 Å². The lowest BCUT2D eigenvalue weighted by Crippen LogP contribution is -2.33. The van der Waals surface area contributed by atoms with Crippen molar-refractivity contribution < 1.29 is 9.59 Å². The van der Waals surface area contributed by atoms with E-state index in [9.17, 15) is 9.59 Å². The number of aryl methyl sites for hydroxylation is 1. The standard InChI is InChI=1S/C26H30ClN5O2/c1-4-24(33)29-17-7-5-16(11-17)25(34)31-22-13-18(19(27)14-28-22)15-6-8-20-21(12-15)32-23(30-20)9-10-26(32,2)3/h6,8,12-14,16-17H,4-5,7,9-11H2,1-3H3,(H,29,33)(H,28,31,34)/t16-,17+/m0/s1. The number of aromatic nitrogens is 3. The van der Waals surface area contributed by atoms with Crippen molar-refractivity contribution in [2.24, 2.45) is 5.92 Å². The fourth-order valence-electron chi connectivity index (χ4n) is 5.30. The van der Waals surface area contributed by atoms with Gasteiger partial charge in [0.1, 0.15) is 11.6 Å². The van der Waals surface area contributed by atoms with Gasteiger partial charge < -0.3 is 15.2 Å². The van der Waals surface area contributed by atoms with Crippen molar-refractivity contribution in [2.45, 2.75) is 70.9 Å². The van der Waals surface area contributed by atoms with Gasteiger partial charge in [0.25, 0.3) is 0 Å². The molecule has 2 aromatic heterocycles. The molecule has 0 unspecified atom stereocenters.